The van der Waals surface area contributed by atoms with Crippen LogP contribution < -0.4 is 5.44 Å². The van der Waals surface area contributed by atoms with E-state index >= 15 is 0 Å². The standard InChI is InChI=1S/C10H12NP/c1-12(2)10-7-6-9-5-3-4-8-11(9)10/h3-8H,1-2H3. The van der Waals surface area contributed by atoms with Gasteiger partial charge in [-0.05, 0) is 37.6 Å². The van der Waals surface area contributed by atoms with E-state index in [0.717, 1.165) is 0 Å². The van der Waals surface area contributed by atoms with Gasteiger partial charge in [0, 0.05) is 17.1 Å². The van der Waals surface area contributed by atoms with Crippen LogP contribution in [-0.2, 0) is 0 Å². The first-order valence-corrected chi connectivity index (χ1v) is 6.26. The molecular formula is C10H12NP. The molecule has 0 spiro atoms. The highest BCUT2D eigenvalue weighted by Gasteiger charge is 2.02. The summed E-state index contributed by atoms with van der Waals surface area (Å²) >= 11 is 0. The minimum absolute atomic E-state index is 0.00463. The van der Waals surface area contributed by atoms with E-state index in [0.29, 0.717) is 0 Å². The smallest absolute Gasteiger partial charge is 0.0456 e. The maximum Gasteiger partial charge on any atom is 0.0456 e. The molecule has 0 amide bonds. The summed E-state index contributed by atoms with van der Waals surface area (Å²) in [6.45, 7) is 4.56. The van der Waals surface area contributed by atoms with Crippen LogP contribution in [-0.4, -0.2) is 17.7 Å². The lowest BCUT2D eigenvalue weighted by atomic mass is 10.4. The molecule has 2 heteroatoms. The summed E-state index contributed by atoms with van der Waals surface area (Å²) in [5, 5.41) is 0. The Balaban J connectivity index is 2.70. The van der Waals surface area contributed by atoms with Crippen molar-refractivity contribution in [3.8, 4) is 0 Å². The lowest BCUT2D eigenvalue weighted by Gasteiger charge is -2.05. The molecule has 2 aromatic rings. The maximum atomic E-state index is 2.28. The third kappa shape index (κ3) is 1.15. The van der Waals surface area contributed by atoms with Crippen molar-refractivity contribution in [2.75, 3.05) is 13.3 Å². The summed E-state index contributed by atoms with van der Waals surface area (Å²) in [5.74, 6) is 0. The van der Waals surface area contributed by atoms with E-state index in [2.05, 4.69) is 54.3 Å². The predicted octanol–water partition coefficient (Wildman–Crippen LogP) is 2.31. The van der Waals surface area contributed by atoms with Gasteiger partial charge in [0.1, 0.15) is 0 Å². The number of pyridine rings is 1. The summed E-state index contributed by atoms with van der Waals surface area (Å²) < 4.78 is 2.27. The Labute approximate surface area is 73.8 Å². The summed E-state index contributed by atoms with van der Waals surface area (Å²) in [6, 6.07) is 10.7. The van der Waals surface area contributed by atoms with Gasteiger partial charge >= 0.3 is 0 Å². The van der Waals surface area contributed by atoms with Crippen molar-refractivity contribution in [1.29, 1.82) is 0 Å². The summed E-state index contributed by atoms with van der Waals surface area (Å²) in [7, 11) is 0.00463. The highest BCUT2D eigenvalue weighted by Crippen LogP contribution is 2.24. The normalized spacial score (nSPS) is 11.2. The number of fused-ring (bicyclic) bond motifs is 1. The molecule has 0 bridgehead atoms. The first-order chi connectivity index (χ1) is 5.79. The van der Waals surface area contributed by atoms with Gasteiger partial charge in [0.2, 0.25) is 0 Å². The quantitative estimate of drug-likeness (QED) is 0.589. The zero-order chi connectivity index (χ0) is 8.55. The number of rotatable bonds is 1. The van der Waals surface area contributed by atoms with Gasteiger partial charge in [-0.15, -0.1) is 0 Å². The van der Waals surface area contributed by atoms with Crippen LogP contribution in [0.4, 0.5) is 0 Å². The molecule has 0 radical (unpaired) electrons. The van der Waals surface area contributed by atoms with Crippen LogP contribution in [0.2, 0.25) is 0 Å². The molecular weight excluding hydrogens is 165 g/mol. The highest BCUT2D eigenvalue weighted by molar-refractivity contribution is 7.63. The third-order valence-electron chi connectivity index (χ3n) is 2.00. The molecule has 1 nitrogen and oxygen atoms in total. The molecule has 0 unspecified atom stereocenters. The second-order valence-electron chi connectivity index (χ2n) is 3.08. The zero-order valence-electron chi connectivity index (χ0n) is 7.36. The van der Waals surface area contributed by atoms with E-state index in [4.69, 9.17) is 0 Å². The topological polar surface area (TPSA) is 4.41 Å². The van der Waals surface area contributed by atoms with Crippen LogP contribution in [0, 0.1) is 0 Å². The third-order valence-corrected chi connectivity index (χ3v) is 3.28. The van der Waals surface area contributed by atoms with Gasteiger partial charge in [-0.2, -0.15) is 0 Å². The summed E-state index contributed by atoms with van der Waals surface area (Å²) in [5.41, 5.74) is 2.74. The Hall–Kier alpha value is -0.810. The van der Waals surface area contributed by atoms with Crippen LogP contribution in [0.25, 0.3) is 5.52 Å². The fraction of sp³-hybridized carbons (Fsp3) is 0.200. The van der Waals surface area contributed by atoms with Crippen molar-refractivity contribution >= 4 is 18.9 Å². The average molecular weight is 177 g/mol. The lowest BCUT2D eigenvalue weighted by Crippen LogP contribution is -2.05. The van der Waals surface area contributed by atoms with Crippen LogP contribution >= 0.6 is 7.92 Å². The predicted molar refractivity (Wildman–Crippen MR) is 55.8 cm³/mol. The average Bonchev–Trinajstić information content (AvgIpc) is 2.47. The van der Waals surface area contributed by atoms with Crippen LogP contribution in [0.15, 0.2) is 36.5 Å². The largest absolute Gasteiger partial charge is 0.317 e. The number of hydrogen-bond acceptors (Lipinski definition) is 0. The molecule has 12 heavy (non-hydrogen) atoms. The molecule has 0 fully saturated rings. The van der Waals surface area contributed by atoms with Gasteiger partial charge in [0.15, 0.2) is 0 Å². The maximum absolute atomic E-state index is 2.28. The van der Waals surface area contributed by atoms with E-state index in [9.17, 15) is 0 Å². The van der Waals surface area contributed by atoms with Gasteiger partial charge in [0.25, 0.3) is 0 Å². The SMILES string of the molecule is CP(C)c1ccc2ccccn12. The van der Waals surface area contributed by atoms with Crippen LogP contribution in [0.1, 0.15) is 0 Å². The van der Waals surface area contributed by atoms with Crippen molar-refractivity contribution in [2.24, 2.45) is 0 Å². The van der Waals surface area contributed by atoms with Gasteiger partial charge < -0.3 is 4.40 Å². The minimum atomic E-state index is 0.00463. The zero-order valence-corrected chi connectivity index (χ0v) is 8.25. The van der Waals surface area contributed by atoms with Crippen molar-refractivity contribution in [1.82, 2.24) is 4.40 Å². The van der Waals surface area contributed by atoms with E-state index in [1.807, 2.05) is 0 Å². The van der Waals surface area contributed by atoms with E-state index < -0.39 is 0 Å². The van der Waals surface area contributed by atoms with Gasteiger partial charge in [-0.3, -0.25) is 0 Å². The molecule has 2 aromatic heterocycles. The van der Waals surface area contributed by atoms with Gasteiger partial charge in [-0.1, -0.05) is 14.0 Å². The molecule has 0 aliphatic heterocycles. The second kappa shape index (κ2) is 2.91. The fourth-order valence-electron chi connectivity index (χ4n) is 1.41. The van der Waals surface area contributed by atoms with Crippen molar-refractivity contribution in [2.45, 2.75) is 0 Å². The molecule has 0 aromatic carbocycles. The monoisotopic (exact) mass is 177 g/mol. The molecule has 0 aliphatic carbocycles. The van der Waals surface area contributed by atoms with Gasteiger partial charge in [-0.25, -0.2) is 0 Å². The Bertz CT molecular complexity index is 389. The molecule has 0 atom stereocenters. The van der Waals surface area contributed by atoms with E-state index in [-0.39, 0.29) is 7.92 Å². The number of aromatic nitrogens is 1. The number of hydrogen-bond donors (Lipinski definition) is 0. The molecule has 2 heterocycles. The van der Waals surface area contributed by atoms with Gasteiger partial charge in [0.05, 0.1) is 0 Å². The molecule has 0 aliphatic rings. The fourth-order valence-corrected chi connectivity index (χ4v) is 2.39. The highest BCUT2D eigenvalue weighted by atomic mass is 31.1. The number of nitrogens with zero attached hydrogens (tertiary/aromatic N) is 1. The molecule has 62 valence electrons. The van der Waals surface area contributed by atoms with Crippen molar-refractivity contribution in [3.63, 3.8) is 0 Å². The molecule has 0 saturated heterocycles. The molecule has 2 rings (SSSR count). The first kappa shape index (κ1) is 7.82. The first-order valence-electron chi connectivity index (χ1n) is 4.02. The molecule has 0 saturated carbocycles. The van der Waals surface area contributed by atoms with Crippen LogP contribution in [0.5, 0.6) is 0 Å². The van der Waals surface area contributed by atoms with Crippen molar-refractivity contribution in [3.05, 3.63) is 36.5 Å². The molecule has 0 N–H and O–H groups in total. The summed E-state index contributed by atoms with van der Waals surface area (Å²) in [6.07, 6.45) is 2.13. The van der Waals surface area contributed by atoms with E-state index in [1.54, 1.807) is 0 Å². The van der Waals surface area contributed by atoms with Crippen molar-refractivity contribution < 1.29 is 0 Å². The summed E-state index contributed by atoms with van der Waals surface area (Å²) in [4.78, 5) is 0. The second-order valence-corrected chi connectivity index (χ2v) is 5.33. The van der Waals surface area contributed by atoms with E-state index in [1.165, 1.54) is 11.0 Å². The lowest BCUT2D eigenvalue weighted by molar-refractivity contribution is 1.24. The van der Waals surface area contributed by atoms with Crippen LogP contribution in [0.3, 0.4) is 0 Å². The Kier molecular flexibility index (Phi) is 1.90. The Morgan fingerprint density at radius 3 is 2.67 bits per heavy atom. The minimum Gasteiger partial charge on any atom is -0.317 e. The Morgan fingerprint density at radius 2 is 1.92 bits per heavy atom. The Morgan fingerprint density at radius 1 is 1.08 bits per heavy atom.